The van der Waals surface area contributed by atoms with Crippen molar-refractivity contribution in [2.24, 2.45) is 0 Å². The van der Waals surface area contributed by atoms with Gasteiger partial charge in [-0.1, -0.05) is 72.3 Å². The van der Waals surface area contributed by atoms with Crippen molar-refractivity contribution >= 4 is 29.5 Å². The van der Waals surface area contributed by atoms with Crippen LogP contribution in [0.25, 0.3) is 5.65 Å². The molecule has 1 aliphatic rings. The molecule has 0 atom stereocenters. The maximum Gasteiger partial charge on any atom is 0.417 e. The first-order valence-corrected chi connectivity index (χ1v) is 12.0. The summed E-state index contributed by atoms with van der Waals surface area (Å²) in [5, 5.41) is 4.32. The van der Waals surface area contributed by atoms with Crippen molar-refractivity contribution in [2.75, 3.05) is 26.2 Å². The average molecular weight is 518 g/mol. The Morgan fingerprint density at radius 3 is 2.03 bits per heavy atom. The minimum absolute atomic E-state index is 0.0805. The van der Waals surface area contributed by atoms with E-state index in [1.54, 1.807) is 0 Å². The van der Waals surface area contributed by atoms with E-state index >= 15 is 0 Å². The van der Waals surface area contributed by atoms with Crippen molar-refractivity contribution in [3.05, 3.63) is 99.4 Å². The van der Waals surface area contributed by atoms with Gasteiger partial charge >= 0.3 is 6.18 Å². The van der Waals surface area contributed by atoms with Crippen LogP contribution in [0.2, 0.25) is 5.02 Å². The van der Waals surface area contributed by atoms with E-state index in [2.05, 4.69) is 63.4 Å². The van der Waals surface area contributed by atoms with E-state index in [1.807, 2.05) is 12.1 Å². The van der Waals surface area contributed by atoms with Gasteiger partial charge in [0.05, 0.1) is 23.3 Å². The van der Waals surface area contributed by atoms with E-state index in [0.717, 1.165) is 38.4 Å². The van der Waals surface area contributed by atoms with Crippen molar-refractivity contribution in [3.63, 3.8) is 0 Å². The average Bonchev–Trinajstić information content (AvgIpc) is 3.17. The zero-order chi connectivity index (χ0) is 24.6. The molecule has 1 fully saturated rings. The second-order valence-corrected chi connectivity index (χ2v) is 9.34. The molecule has 0 spiro atoms. The molecule has 0 unspecified atom stereocenters. The number of piperazine rings is 1. The van der Waals surface area contributed by atoms with Crippen LogP contribution in [0.15, 0.2) is 72.9 Å². The lowest BCUT2D eigenvalue weighted by molar-refractivity contribution is -0.137. The summed E-state index contributed by atoms with van der Waals surface area (Å²) in [6.07, 6.45) is -3.56. The number of nitrogens with zero attached hydrogens (tertiary/aromatic N) is 5. The summed E-state index contributed by atoms with van der Waals surface area (Å²) in [6, 6.07) is 21.9. The van der Waals surface area contributed by atoms with Crippen LogP contribution in [0.5, 0.6) is 0 Å². The monoisotopic (exact) mass is 517 g/mol. The van der Waals surface area contributed by atoms with Crippen LogP contribution in [0, 0.1) is 4.77 Å². The van der Waals surface area contributed by atoms with Gasteiger partial charge in [0, 0.05) is 32.4 Å². The minimum Gasteiger partial charge on any atom is -0.290 e. The van der Waals surface area contributed by atoms with Crippen LogP contribution in [-0.4, -0.2) is 50.2 Å². The molecule has 35 heavy (non-hydrogen) atoms. The van der Waals surface area contributed by atoms with Crippen molar-refractivity contribution in [2.45, 2.75) is 18.9 Å². The zero-order valence-corrected chi connectivity index (χ0v) is 20.3. The van der Waals surface area contributed by atoms with Crippen LogP contribution in [0.3, 0.4) is 0 Å². The summed E-state index contributed by atoms with van der Waals surface area (Å²) >= 11 is 11.5. The van der Waals surface area contributed by atoms with Gasteiger partial charge in [-0.15, -0.1) is 5.10 Å². The molecule has 4 aromatic rings. The van der Waals surface area contributed by atoms with Crippen LogP contribution in [0.4, 0.5) is 13.2 Å². The van der Waals surface area contributed by atoms with Gasteiger partial charge < -0.3 is 0 Å². The standard InChI is InChI=1S/C25H23ClF3N5S/c26-21-15-20(25(27,28)29)16-33-23(21)30-34(24(33)35)17-31-11-13-32(14-12-31)22(18-7-3-1-4-8-18)19-9-5-2-6-10-19/h1-10,15-16,22H,11-14,17H2. The predicted molar refractivity (Wildman–Crippen MR) is 132 cm³/mol. The highest BCUT2D eigenvalue weighted by molar-refractivity contribution is 7.71. The molecule has 5 rings (SSSR count). The Bertz CT molecular complexity index is 1320. The van der Waals surface area contributed by atoms with E-state index in [1.165, 1.54) is 20.2 Å². The molecule has 0 bridgehead atoms. The molecular formula is C25H23ClF3N5S. The highest BCUT2D eigenvalue weighted by Crippen LogP contribution is 2.32. The lowest BCUT2D eigenvalue weighted by Crippen LogP contribution is -2.48. The molecule has 0 saturated carbocycles. The van der Waals surface area contributed by atoms with Crippen molar-refractivity contribution < 1.29 is 13.2 Å². The quantitative estimate of drug-likeness (QED) is 0.308. The molecule has 5 nitrogen and oxygen atoms in total. The minimum atomic E-state index is -4.51. The fraction of sp³-hybridized carbons (Fsp3) is 0.280. The van der Waals surface area contributed by atoms with Crippen molar-refractivity contribution in [3.8, 4) is 0 Å². The molecule has 2 aromatic carbocycles. The topological polar surface area (TPSA) is 28.7 Å². The summed E-state index contributed by atoms with van der Waals surface area (Å²) in [7, 11) is 0. The highest BCUT2D eigenvalue weighted by Gasteiger charge is 2.32. The molecule has 0 N–H and O–H groups in total. The Labute approximate surface area is 211 Å². The van der Waals surface area contributed by atoms with Gasteiger partial charge in [0.2, 0.25) is 4.77 Å². The lowest BCUT2D eigenvalue weighted by Gasteiger charge is -2.39. The smallest absolute Gasteiger partial charge is 0.290 e. The number of halogens is 4. The van der Waals surface area contributed by atoms with Crippen LogP contribution >= 0.6 is 23.8 Å². The van der Waals surface area contributed by atoms with Gasteiger partial charge in [-0.25, -0.2) is 4.68 Å². The Morgan fingerprint density at radius 1 is 0.914 bits per heavy atom. The van der Waals surface area contributed by atoms with Gasteiger partial charge in [0.1, 0.15) is 0 Å². The molecule has 0 radical (unpaired) electrons. The molecular weight excluding hydrogens is 495 g/mol. The van der Waals surface area contributed by atoms with E-state index in [0.29, 0.717) is 6.67 Å². The number of fused-ring (bicyclic) bond motifs is 1. The first kappa shape index (κ1) is 24.0. The Kier molecular flexibility index (Phi) is 6.67. The lowest BCUT2D eigenvalue weighted by atomic mass is 9.96. The van der Waals surface area contributed by atoms with Crippen molar-refractivity contribution in [1.82, 2.24) is 24.0 Å². The molecule has 10 heteroatoms. The maximum absolute atomic E-state index is 13.2. The molecule has 0 aliphatic carbocycles. The largest absolute Gasteiger partial charge is 0.417 e. The second kappa shape index (κ2) is 9.73. The molecule has 1 aliphatic heterocycles. The van der Waals surface area contributed by atoms with E-state index < -0.39 is 11.7 Å². The molecule has 3 heterocycles. The number of alkyl halides is 3. The fourth-order valence-electron chi connectivity index (χ4n) is 4.56. The summed E-state index contributed by atoms with van der Waals surface area (Å²) in [4.78, 5) is 4.65. The number of rotatable bonds is 5. The number of benzene rings is 2. The molecule has 0 amide bonds. The van der Waals surface area contributed by atoms with E-state index in [9.17, 15) is 13.2 Å². The second-order valence-electron chi connectivity index (χ2n) is 8.57. The predicted octanol–water partition coefficient (Wildman–Crippen LogP) is 5.90. The summed E-state index contributed by atoms with van der Waals surface area (Å²) in [5.74, 6) is 0. The molecule has 182 valence electrons. The fourth-order valence-corrected chi connectivity index (χ4v) is 5.05. The third-order valence-corrected chi connectivity index (χ3v) is 6.98. The summed E-state index contributed by atoms with van der Waals surface area (Å²) in [5.41, 5.74) is 1.85. The third kappa shape index (κ3) is 4.99. The van der Waals surface area contributed by atoms with Crippen LogP contribution in [0.1, 0.15) is 22.7 Å². The van der Waals surface area contributed by atoms with Crippen molar-refractivity contribution in [1.29, 1.82) is 0 Å². The highest BCUT2D eigenvalue weighted by atomic mass is 35.5. The normalized spacial score (nSPS) is 15.8. The Balaban J connectivity index is 1.34. The van der Waals surface area contributed by atoms with Gasteiger partial charge in [-0.3, -0.25) is 14.2 Å². The maximum atomic E-state index is 13.2. The first-order valence-electron chi connectivity index (χ1n) is 11.2. The number of hydrogen-bond acceptors (Lipinski definition) is 4. The van der Waals surface area contributed by atoms with Gasteiger partial charge in [-0.05, 0) is 29.4 Å². The zero-order valence-electron chi connectivity index (χ0n) is 18.7. The molecule has 2 aromatic heterocycles. The summed E-state index contributed by atoms with van der Waals surface area (Å²) in [6.45, 7) is 3.58. The van der Waals surface area contributed by atoms with Crippen LogP contribution < -0.4 is 0 Å². The SMILES string of the molecule is FC(F)(F)c1cc(Cl)c2nn(CN3CCN(C(c4ccccc4)c4ccccc4)CC3)c(=S)n2c1. The first-order chi connectivity index (χ1) is 16.8. The van der Waals surface area contributed by atoms with Gasteiger partial charge in [-0.2, -0.15) is 13.2 Å². The Hall–Kier alpha value is -2.72. The third-order valence-electron chi connectivity index (χ3n) is 6.30. The number of pyridine rings is 1. The van der Waals surface area contributed by atoms with E-state index in [4.69, 9.17) is 23.8 Å². The number of hydrogen-bond donors (Lipinski definition) is 0. The summed E-state index contributed by atoms with van der Waals surface area (Å²) < 4.78 is 42.6. The number of aromatic nitrogens is 3. The molecule has 1 saturated heterocycles. The van der Waals surface area contributed by atoms with Crippen LogP contribution in [-0.2, 0) is 12.8 Å². The van der Waals surface area contributed by atoms with E-state index in [-0.39, 0.29) is 21.5 Å². The van der Waals surface area contributed by atoms with Gasteiger partial charge in [0.25, 0.3) is 0 Å². The van der Waals surface area contributed by atoms with Gasteiger partial charge in [0.15, 0.2) is 5.65 Å². The Morgan fingerprint density at radius 2 is 1.49 bits per heavy atom.